The van der Waals surface area contributed by atoms with Gasteiger partial charge in [-0.15, -0.1) is 0 Å². The van der Waals surface area contributed by atoms with Crippen molar-refractivity contribution in [2.24, 2.45) is 9.98 Å². The Morgan fingerprint density at radius 2 is 1.82 bits per heavy atom. The standard InChI is InChI=1S/C22H25N3O3/c1-22(2,3)28-21(26)25-18-13-23-20(24-14-18)17-9-11-19(12-10-17)27-15-16-7-5-4-6-8-16/h4-13,18H,14-15H2,1-3H3,(H,25,26). The fourth-order valence-corrected chi connectivity index (χ4v) is 2.58. The molecule has 1 aliphatic heterocycles. The van der Waals surface area contributed by atoms with E-state index < -0.39 is 11.7 Å². The monoisotopic (exact) mass is 379 g/mol. The van der Waals surface area contributed by atoms with Gasteiger partial charge < -0.3 is 14.8 Å². The summed E-state index contributed by atoms with van der Waals surface area (Å²) < 4.78 is 11.0. The van der Waals surface area contributed by atoms with Gasteiger partial charge in [0, 0.05) is 11.8 Å². The molecule has 0 saturated heterocycles. The first-order valence-corrected chi connectivity index (χ1v) is 9.24. The minimum Gasteiger partial charge on any atom is -0.489 e. The molecule has 1 N–H and O–H groups in total. The number of ether oxygens (including phenoxy) is 2. The summed E-state index contributed by atoms with van der Waals surface area (Å²) in [6.45, 7) is 6.42. The quantitative estimate of drug-likeness (QED) is 0.854. The van der Waals surface area contributed by atoms with Crippen LogP contribution >= 0.6 is 0 Å². The van der Waals surface area contributed by atoms with Crippen LogP contribution in [0.25, 0.3) is 0 Å². The number of amidine groups is 1. The van der Waals surface area contributed by atoms with Crippen molar-refractivity contribution in [3.63, 3.8) is 0 Å². The Balaban J connectivity index is 1.52. The second-order valence-corrected chi connectivity index (χ2v) is 7.49. The summed E-state index contributed by atoms with van der Waals surface area (Å²) in [4.78, 5) is 20.7. The van der Waals surface area contributed by atoms with Gasteiger partial charge >= 0.3 is 6.09 Å². The number of carbonyl (C=O) groups excluding carboxylic acids is 1. The number of hydrogen-bond donors (Lipinski definition) is 1. The van der Waals surface area contributed by atoms with Crippen LogP contribution in [0.4, 0.5) is 4.79 Å². The highest BCUT2D eigenvalue weighted by Gasteiger charge is 2.20. The van der Waals surface area contributed by atoms with Gasteiger partial charge in [-0.3, -0.25) is 4.99 Å². The van der Waals surface area contributed by atoms with Crippen LogP contribution < -0.4 is 10.1 Å². The highest BCUT2D eigenvalue weighted by molar-refractivity contribution is 6.05. The number of carbonyl (C=O) groups is 1. The van der Waals surface area contributed by atoms with Gasteiger partial charge in [-0.25, -0.2) is 9.79 Å². The number of amides is 1. The van der Waals surface area contributed by atoms with Crippen LogP contribution in [0, 0.1) is 0 Å². The number of nitrogens with zero attached hydrogens (tertiary/aromatic N) is 2. The van der Waals surface area contributed by atoms with Crippen molar-refractivity contribution in [1.29, 1.82) is 0 Å². The van der Waals surface area contributed by atoms with Crippen molar-refractivity contribution in [1.82, 2.24) is 5.32 Å². The molecule has 6 heteroatoms. The molecule has 1 aliphatic rings. The van der Waals surface area contributed by atoms with Gasteiger partial charge in [0.1, 0.15) is 18.0 Å². The normalized spacial score (nSPS) is 16.2. The van der Waals surface area contributed by atoms with Crippen LogP contribution in [0.1, 0.15) is 31.9 Å². The summed E-state index contributed by atoms with van der Waals surface area (Å²) in [7, 11) is 0. The SMILES string of the molecule is CC(C)(C)OC(=O)NC1C=NC(c2ccc(OCc3ccccc3)cc2)=NC1. The van der Waals surface area contributed by atoms with Gasteiger partial charge in [-0.05, 0) is 50.6 Å². The van der Waals surface area contributed by atoms with E-state index in [1.165, 1.54) is 0 Å². The van der Waals surface area contributed by atoms with Crippen molar-refractivity contribution in [2.75, 3.05) is 6.54 Å². The van der Waals surface area contributed by atoms with Crippen molar-refractivity contribution in [3.05, 3.63) is 65.7 Å². The summed E-state index contributed by atoms with van der Waals surface area (Å²) in [5.74, 6) is 1.43. The fourth-order valence-electron chi connectivity index (χ4n) is 2.58. The highest BCUT2D eigenvalue weighted by atomic mass is 16.6. The Kier molecular flexibility index (Phi) is 6.09. The predicted molar refractivity (Wildman–Crippen MR) is 110 cm³/mol. The van der Waals surface area contributed by atoms with Crippen molar-refractivity contribution < 1.29 is 14.3 Å². The van der Waals surface area contributed by atoms with E-state index in [2.05, 4.69) is 15.3 Å². The van der Waals surface area contributed by atoms with Crippen molar-refractivity contribution in [2.45, 2.75) is 39.0 Å². The lowest BCUT2D eigenvalue weighted by Crippen LogP contribution is -2.42. The van der Waals surface area contributed by atoms with Gasteiger partial charge in [0.15, 0.2) is 5.84 Å². The van der Waals surface area contributed by atoms with Gasteiger partial charge in [0.2, 0.25) is 0 Å². The van der Waals surface area contributed by atoms with E-state index in [4.69, 9.17) is 9.47 Å². The molecule has 0 aromatic heterocycles. The van der Waals surface area contributed by atoms with Crippen LogP contribution in [0.15, 0.2) is 64.6 Å². The van der Waals surface area contributed by atoms with E-state index in [1.807, 2.05) is 75.4 Å². The molecule has 146 valence electrons. The smallest absolute Gasteiger partial charge is 0.408 e. The molecule has 6 nitrogen and oxygen atoms in total. The van der Waals surface area contributed by atoms with Crippen molar-refractivity contribution >= 4 is 18.1 Å². The predicted octanol–water partition coefficient (Wildman–Crippen LogP) is 3.99. The average molecular weight is 379 g/mol. The molecule has 1 unspecified atom stereocenters. The average Bonchev–Trinajstić information content (AvgIpc) is 2.67. The summed E-state index contributed by atoms with van der Waals surface area (Å²) in [6.07, 6.45) is 1.22. The maximum atomic E-state index is 11.8. The molecule has 0 fully saturated rings. The van der Waals surface area contributed by atoms with Crippen molar-refractivity contribution in [3.8, 4) is 5.75 Å². The summed E-state index contributed by atoms with van der Waals surface area (Å²) >= 11 is 0. The lowest BCUT2D eigenvalue weighted by atomic mass is 10.1. The van der Waals surface area contributed by atoms with E-state index in [0.29, 0.717) is 19.0 Å². The van der Waals surface area contributed by atoms with E-state index >= 15 is 0 Å². The number of benzene rings is 2. The molecule has 0 aliphatic carbocycles. The molecule has 0 saturated carbocycles. The maximum Gasteiger partial charge on any atom is 0.408 e. The molecule has 0 bridgehead atoms. The Bertz CT molecular complexity index is 853. The molecule has 0 radical (unpaired) electrons. The molecule has 2 aromatic carbocycles. The Hall–Kier alpha value is -3.15. The molecule has 3 rings (SSSR count). The molecule has 1 atom stereocenters. The Morgan fingerprint density at radius 1 is 1.11 bits per heavy atom. The summed E-state index contributed by atoms with van der Waals surface area (Å²) in [5.41, 5.74) is 1.49. The third kappa shape index (κ3) is 5.94. The van der Waals surface area contributed by atoms with E-state index in [1.54, 1.807) is 6.21 Å². The number of hydrogen-bond acceptors (Lipinski definition) is 5. The molecular formula is C22H25N3O3. The molecular weight excluding hydrogens is 354 g/mol. The van der Waals surface area contributed by atoms with E-state index in [9.17, 15) is 4.79 Å². The zero-order valence-electron chi connectivity index (χ0n) is 16.4. The van der Waals surface area contributed by atoms with Crippen LogP contribution in [0.2, 0.25) is 0 Å². The largest absolute Gasteiger partial charge is 0.489 e. The minimum absolute atomic E-state index is 0.271. The van der Waals surface area contributed by atoms with Crippen LogP contribution in [-0.2, 0) is 11.3 Å². The first kappa shape index (κ1) is 19.6. The first-order chi connectivity index (χ1) is 13.4. The molecule has 1 amide bonds. The summed E-state index contributed by atoms with van der Waals surface area (Å²) in [6, 6.07) is 17.4. The topological polar surface area (TPSA) is 72.3 Å². The Labute approximate surface area is 165 Å². The van der Waals surface area contributed by atoms with Gasteiger partial charge in [-0.1, -0.05) is 30.3 Å². The molecule has 1 heterocycles. The van der Waals surface area contributed by atoms with E-state index in [0.717, 1.165) is 16.9 Å². The number of alkyl carbamates (subject to hydrolysis) is 1. The van der Waals surface area contributed by atoms with Crippen LogP contribution in [0.3, 0.4) is 0 Å². The molecule has 0 spiro atoms. The zero-order valence-corrected chi connectivity index (χ0v) is 16.4. The van der Waals surface area contributed by atoms with Gasteiger partial charge in [0.25, 0.3) is 0 Å². The second kappa shape index (κ2) is 8.69. The minimum atomic E-state index is -0.533. The highest BCUT2D eigenvalue weighted by Crippen LogP contribution is 2.16. The molecule has 2 aromatic rings. The first-order valence-electron chi connectivity index (χ1n) is 9.24. The van der Waals surface area contributed by atoms with Gasteiger partial charge in [0.05, 0.1) is 12.6 Å². The lowest BCUT2D eigenvalue weighted by Gasteiger charge is -2.22. The number of nitrogens with one attached hydrogen (secondary N) is 1. The van der Waals surface area contributed by atoms with Gasteiger partial charge in [-0.2, -0.15) is 0 Å². The number of aliphatic imine (C=N–C) groups is 2. The summed E-state index contributed by atoms with van der Waals surface area (Å²) in [5, 5.41) is 2.75. The van der Waals surface area contributed by atoms with Crippen LogP contribution in [0.5, 0.6) is 5.75 Å². The second-order valence-electron chi connectivity index (χ2n) is 7.49. The van der Waals surface area contributed by atoms with E-state index in [-0.39, 0.29) is 6.04 Å². The third-order valence-electron chi connectivity index (χ3n) is 3.88. The van der Waals surface area contributed by atoms with Crippen LogP contribution in [-0.4, -0.2) is 36.3 Å². The lowest BCUT2D eigenvalue weighted by molar-refractivity contribution is 0.0520. The third-order valence-corrected chi connectivity index (χ3v) is 3.88. The fraction of sp³-hybridized carbons (Fsp3) is 0.318. The maximum absolute atomic E-state index is 11.8. The molecule has 28 heavy (non-hydrogen) atoms. The Morgan fingerprint density at radius 3 is 2.43 bits per heavy atom. The zero-order chi connectivity index (χ0) is 20.0. The number of rotatable bonds is 5.